The van der Waals surface area contributed by atoms with Crippen LogP contribution in [-0.2, 0) is 0 Å². The lowest BCUT2D eigenvalue weighted by Crippen LogP contribution is -2.20. The minimum atomic E-state index is -0.567. The number of thioether (sulfide) groups is 1. The molecule has 1 heterocycles. The molecule has 24 heavy (non-hydrogen) atoms. The molecule has 2 aromatic carbocycles. The van der Waals surface area contributed by atoms with Crippen molar-refractivity contribution in [3.05, 3.63) is 59.9 Å². The summed E-state index contributed by atoms with van der Waals surface area (Å²) in [4.78, 5) is 8.58. The van der Waals surface area contributed by atoms with E-state index in [2.05, 4.69) is 9.97 Å². The van der Waals surface area contributed by atoms with E-state index in [4.69, 9.17) is 4.74 Å². The van der Waals surface area contributed by atoms with Gasteiger partial charge >= 0.3 is 0 Å². The first-order chi connectivity index (χ1) is 11.6. The highest BCUT2D eigenvalue weighted by molar-refractivity contribution is 7.99. The molecule has 5 heteroatoms. The van der Waals surface area contributed by atoms with Crippen LogP contribution in [0.15, 0.2) is 53.8 Å². The third-order valence-electron chi connectivity index (χ3n) is 3.75. The van der Waals surface area contributed by atoms with Crippen LogP contribution in [0, 0.1) is 13.8 Å². The van der Waals surface area contributed by atoms with Crippen molar-refractivity contribution in [3.8, 4) is 5.75 Å². The zero-order chi connectivity index (χ0) is 16.9. The van der Waals surface area contributed by atoms with E-state index < -0.39 is 6.10 Å². The molecule has 0 aliphatic rings. The van der Waals surface area contributed by atoms with E-state index in [-0.39, 0.29) is 6.61 Å². The number of aliphatic hydroxyl groups is 1. The highest BCUT2D eigenvalue weighted by Crippen LogP contribution is 2.26. The molecule has 1 aromatic heterocycles. The highest BCUT2D eigenvalue weighted by atomic mass is 32.2. The van der Waals surface area contributed by atoms with Gasteiger partial charge in [0.05, 0.1) is 11.6 Å². The van der Waals surface area contributed by atoms with Gasteiger partial charge in [-0.05, 0) is 31.0 Å². The summed E-state index contributed by atoms with van der Waals surface area (Å²) >= 11 is 1.52. The average Bonchev–Trinajstić information content (AvgIpc) is 2.59. The minimum absolute atomic E-state index is 0.266. The summed E-state index contributed by atoms with van der Waals surface area (Å²) in [7, 11) is 0. The molecule has 124 valence electrons. The lowest BCUT2D eigenvalue weighted by Gasteiger charge is -2.15. The van der Waals surface area contributed by atoms with E-state index in [1.807, 2.05) is 56.3 Å². The largest absolute Gasteiger partial charge is 0.490 e. The minimum Gasteiger partial charge on any atom is -0.490 e. The Bertz CT molecular complexity index is 813. The molecule has 0 aliphatic heterocycles. The molecule has 4 nitrogen and oxygen atoms in total. The summed E-state index contributed by atoms with van der Waals surface area (Å²) in [5.74, 6) is 1.38. The van der Waals surface area contributed by atoms with Crippen LogP contribution < -0.4 is 4.74 Å². The van der Waals surface area contributed by atoms with Gasteiger partial charge in [-0.3, -0.25) is 0 Å². The van der Waals surface area contributed by atoms with E-state index in [1.54, 1.807) is 6.33 Å². The molecular formula is C19H20N2O2S. The number of aromatic nitrogens is 2. The Balaban J connectivity index is 1.60. The third-order valence-corrected chi connectivity index (χ3v) is 4.90. The molecule has 3 rings (SSSR count). The van der Waals surface area contributed by atoms with Gasteiger partial charge in [-0.15, -0.1) is 11.8 Å². The van der Waals surface area contributed by atoms with Crippen LogP contribution >= 0.6 is 11.8 Å². The van der Waals surface area contributed by atoms with Crippen LogP contribution in [0.25, 0.3) is 10.9 Å². The molecule has 0 spiro atoms. The van der Waals surface area contributed by atoms with E-state index in [9.17, 15) is 5.11 Å². The Hall–Kier alpha value is -2.11. The lowest BCUT2D eigenvalue weighted by molar-refractivity contribution is 0.125. The lowest BCUT2D eigenvalue weighted by atomic mass is 10.1. The van der Waals surface area contributed by atoms with Gasteiger partial charge in [-0.1, -0.05) is 36.4 Å². The van der Waals surface area contributed by atoms with Crippen molar-refractivity contribution in [2.75, 3.05) is 12.4 Å². The first-order valence-corrected chi connectivity index (χ1v) is 8.83. The number of ether oxygens (including phenoxy) is 1. The van der Waals surface area contributed by atoms with Crippen molar-refractivity contribution in [1.29, 1.82) is 0 Å². The maximum absolute atomic E-state index is 10.2. The first kappa shape index (κ1) is 16.7. The maximum atomic E-state index is 10.2. The second-order valence-electron chi connectivity index (χ2n) is 5.69. The zero-order valence-electron chi connectivity index (χ0n) is 13.8. The molecular weight excluding hydrogens is 320 g/mol. The SMILES string of the molecule is Cc1cccc(C)c1OC[C@H](O)CSc1ncnc2ccccc12. The van der Waals surface area contributed by atoms with Gasteiger partial charge < -0.3 is 9.84 Å². The average molecular weight is 340 g/mol. The first-order valence-electron chi connectivity index (χ1n) is 7.85. The maximum Gasteiger partial charge on any atom is 0.125 e. The molecule has 0 saturated heterocycles. The highest BCUT2D eigenvalue weighted by Gasteiger charge is 2.11. The van der Waals surface area contributed by atoms with Crippen LogP contribution in [0.5, 0.6) is 5.75 Å². The van der Waals surface area contributed by atoms with Gasteiger partial charge in [0.2, 0.25) is 0 Å². The fourth-order valence-corrected chi connectivity index (χ4v) is 3.42. The van der Waals surface area contributed by atoms with Gasteiger partial charge in [0.1, 0.15) is 23.7 Å². The zero-order valence-corrected chi connectivity index (χ0v) is 14.6. The predicted octanol–water partition coefficient (Wildman–Crippen LogP) is 3.78. The van der Waals surface area contributed by atoms with E-state index in [0.717, 1.165) is 32.8 Å². The van der Waals surface area contributed by atoms with E-state index in [0.29, 0.717) is 5.75 Å². The number of nitrogens with zero attached hydrogens (tertiary/aromatic N) is 2. The van der Waals surface area contributed by atoms with Crippen molar-refractivity contribution in [1.82, 2.24) is 9.97 Å². The van der Waals surface area contributed by atoms with Crippen molar-refractivity contribution >= 4 is 22.7 Å². The summed E-state index contributed by atoms with van der Waals surface area (Å²) in [6, 6.07) is 13.9. The Morgan fingerprint density at radius 3 is 2.58 bits per heavy atom. The molecule has 0 aliphatic carbocycles. The number of fused-ring (bicyclic) bond motifs is 1. The Kier molecular flexibility index (Phi) is 5.33. The van der Waals surface area contributed by atoms with Gasteiger partial charge in [-0.2, -0.15) is 0 Å². The second kappa shape index (κ2) is 7.64. The number of aryl methyl sites for hydroxylation is 2. The molecule has 0 amide bonds. The quantitative estimate of drug-likeness (QED) is 0.547. The van der Waals surface area contributed by atoms with Crippen molar-refractivity contribution in [2.24, 2.45) is 0 Å². The number of para-hydroxylation sites is 2. The van der Waals surface area contributed by atoms with Crippen LogP contribution in [0.3, 0.4) is 0 Å². The third kappa shape index (κ3) is 3.86. The molecule has 0 radical (unpaired) electrons. The van der Waals surface area contributed by atoms with Crippen LogP contribution in [0.4, 0.5) is 0 Å². The van der Waals surface area contributed by atoms with Gasteiger partial charge in [0.25, 0.3) is 0 Å². The molecule has 3 aromatic rings. The van der Waals surface area contributed by atoms with Gasteiger partial charge in [0, 0.05) is 11.1 Å². The topological polar surface area (TPSA) is 55.2 Å². The number of hydrogen-bond acceptors (Lipinski definition) is 5. The standard InChI is InChI=1S/C19H20N2O2S/c1-13-6-5-7-14(2)18(13)23-10-15(22)11-24-19-16-8-3-4-9-17(16)20-12-21-19/h3-9,12,15,22H,10-11H2,1-2H3/t15-/m0/s1. The number of aliphatic hydroxyl groups excluding tert-OH is 1. The molecule has 1 atom stereocenters. The molecule has 0 unspecified atom stereocenters. The van der Waals surface area contributed by atoms with Crippen molar-refractivity contribution in [2.45, 2.75) is 25.0 Å². The Morgan fingerprint density at radius 1 is 1.04 bits per heavy atom. The van der Waals surface area contributed by atoms with Crippen LogP contribution in [0.1, 0.15) is 11.1 Å². The fourth-order valence-electron chi connectivity index (χ4n) is 2.52. The van der Waals surface area contributed by atoms with E-state index in [1.165, 1.54) is 11.8 Å². The number of rotatable bonds is 6. The van der Waals surface area contributed by atoms with Crippen molar-refractivity contribution < 1.29 is 9.84 Å². The van der Waals surface area contributed by atoms with Crippen LogP contribution in [-0.4, -0.2) is 33.5 Å². The Morgan fingerprint density at radius 2 is 1.79 bits per heavy atom. The monoisotopic (exact) mass is 340 g/mol. The van der Waals surface area contributed by atoms with Crippen LogP contribution in [0.2, 0.25) is 0 Å². The Labute approximate surface area is 145 Å². The van der Waals surface area contributed by atoms with Gasteiger partial charge in [-0.25, -0.2) is 9.97 Å². The molecule has 0 saturated carbocycles. The van der Waals surface area contributed by atoms with Gasteiger partial charge in [0.15, 0.2) is 0 Å². The second-order valence-corrected chi connectivity index (χ2v) is 6.70. The molecule has 0 bridgehead atoms. The van der Waals surface area contributed by atoms with Crippen molar-refractivity contribution in [3.63, 3.8) is 0 Å². The number of benzene rings is 2. The summed E-state index contributed by atoms with van der Waals surface area (Å²) in [6.45, 7) is 4.29. The van der Waals surface area contributed by atoms with E-state index >= 15 is 0 Å². The normalized spacial score (nSPS) is 12.3. The smallest absolute Gasteiger partial charge is 0.125 e. The summed E-state index contributed by atoms with van der Waals surface area (Å²) in [5, 5.41) is 12.1. The summed E-state index contributed by atoms with van der Waals surface area (Å²) in [6.07, 6.45) is 0.993. The number of hydrogen-bond donors (Lipinski definition) is 1. The fraction of sp³-hybridized carbons (Fsp3) is 0.263. The summed E-state index contributed by atoms with van der Waals surface area (Å²) < 4.78 is 5.81. The molecule has 1 N–H and O–H groups in total. The molecule has 0 fully saturated rings. The summed E-state index contributed by atoms with van der Waals surface area (Å²) in [5.41, 5.74) is 3.07. The predicted molar refractivity (Wildman–Crippen MR) is 97.7 cm³/mol.